The Morgan fingerprint density at radius 2 is 1.17 bits per heavy atom. The van der Waals surface area contributed by atoms with Gasteiger partial charge in [-0.25, -0.2) is 0 Å². The molecule has 0 aliphatic carbocycles. The normalized spacial score (nSPS) is 12.9. The van der Waals surface area contributed by atoms with E-state index in [-0.39, 0.29) is 6.29 Å². The van der Waals surface area contributed by atoms with Crippen molar-refractivity contribution in [2.24, 2.45) is 0 Å². The van der Waals surface area contributed by atoms with E-state index in [1.54, 1.807) is 0 Å². The van der Waals surface area contributed by atoms with E-state index in [0.29, 0.717) is 13.2 Å². The van der Waals surface area contributed by atoms with Crippen LogP contribution in [-0.4, -0.2) is 19.5 Å². The molecular weight excluding hydrogens is 284 g/mol. The molecule has 23 heavy (non-hydrogen) atoms. The second-order valence-electron chi connectivity index (χ2n) is 5.32. The van der Waals surface area contributed by atoms with Gasteiger partial charge in [0.05, 0.1) is 0 Å². The lowest BCUT2D eigenvalue weighted by Gasteiger charge is -2.11. The van der Waals surface area contributed by atoms with Crippen LogP contribution in [0.3, 0.4) is 0 Å². The molecule has 0 aliphatic rings. The summed E-state index contributed by atoms with van der Waals surface area (Å²) in [5.74, 6) is 0. The van der Waals surface area contributed by atoms with Crippen molar-refractivity contribution in [1.82, 2.24) is 0 Å². The number of rotatable bonds is 15. The van der Waals surface area contributed by atoms with Gasteiger partial charge in [0.1, 0.15) is 0 Å². The molecule has 0 unspecified atom stereocenters. The molecule has 132 valence electrons. The zero-order valence-corrected chi connectivity index (χ0v) is 15.4. The molecule has 0 fully saturated rings. The van der Waals surface area contributed by atoms with Crippen LogP contribution in [-0.2, 0) is 9.47 Å². The van der Waals surface area contributed by atoms with E-state index < -0.39 is 0 Å². The fraction of sp³-hybridized carbons (Fsp3) is 0.619. The van der Waals surface area contributed by atoms with E-state index in [1.807, 2.05) is 19.9 Å². The lowest BCUT2D eigenvalue weighted by Crippen LogP contribution is -2.13. The Morgan fingerprint density at radius 3 is 1.70 bits per heavy atom. The SMILES string of the molecule is CCCCCC=CCC=CCC=CCC=CC(OCC)OCC. The maximum atomic E-state index is 5.45. The number of unbranched alkanes of at least 4 members (excludes halogenated alkanes) is 3. The maximum Gasteiger partial charge on any atom is 0.176 e. The summed E-state index contributed by atoms with van der Waals surface area (Å²) in [6.45, 7) is 7.54. The molecule has 0 aromatic heterocycles. The van der Waals surface area contributed by atoms with E-state index >= 15 is 0 Å². The van der Waals surface area contributed by atoms with Crippen LogP contribution in [0.2, 0.25) is 0 Å². The van der Waals surface area contributed by atoms with Gasteiger partial charge in [0.25, 0.3) is 0 Å². The second-order valence-corrected chi connectivity index (χ2v) is 5.32. The highest BCUT2D eigenvalue weighted by molar-refractivity contribution is 4.99. The van der Waals surface area contributed by atoms with Crippen LogP contribution < -0.4 is 0 Å². The third-order valence-electron chi connectivity index (χ3n) is 3.25. The van der Waals surface area contributed by atoms with E-state index in [0.717, 1.165) is 19.3 Å². The molecule has 0 radical (unpaired) electrons. The quantitative estimate of drug-likeness (QED) is 0.198. The summed E-state index contributed by atoms with van der Waals surface area (Å²) in [4.78, 5) is 0. The lowest BCUT2D eigenvalue weighted by molar-refractivity contribution is -0.104. The molecule has 0 aromatic carbocycles. The summed E-state index contributed by atoms with van der Waals surface area (Å²) in [7, 11) is 0. The van der Waals surface area contributed by atoms with Crippen LogP contribution in [0.1, 0.15) is 65.7 Å². The van der Waals surface area contributed by atoms with Gasteiger partial charge in [0.15, 0.2) is 6.29 Å². The van der Waals surface area contributed by atoms with Gasteiger partial charge in [-0.2, -0.15) is 0 Å². The molecule has 0 N–H and O–H groups in total. The molecule has 0 bridgehead atoms. The standard InChI is InChI=1S/C21H36O2/c1-4-7-8-9-10-11-12-13-14-15-16-17-18-19-20-21(22-5-2)23-6-3/h10-11,13-14,16-17,19-21H,4-9,12,15,18H2,1-3H3. The summed E-state index contributed by atoms with van der Waals surface area (Å²) < 4.78 is 10.9. The van der Waals surface area contributed by atoms with Gasteiger partial charge in [-0.1, -0.05) is 62.3 Å². The highest BCUT2D eigenvalue weighted by atomic mass is 16.7. The Hall–Kier alpha value is -1.12. The zero-order chi connectivity index (χ0) is 17.0. The van der Waals surface area contributed by atoms with Crippen LogP contribution in [0.15, 0.2) is 48.6 Å². The van der Waals surface area contributed by atoms with Crippen molar-refractivity contribution in [3.05, 3.63) is 48.6 Å². The van der Waals surface area contributed by atoms with E-state index in [4.69, 9.17) is 9.47 Å². The number of hydrogen-bond donors (Lipinski definition) is 0. The van der Waals surface area contributed by atoms with Crippen molar-refractivity contribution in [3.8, 4) is 0 Å². The molecule has 0 aromatic rings. The number of ether oxygens (including phenoxy) is 2. The predicted octanol–water partition coefficient (Wildman–Crippen LogP) is 6.36. The van der Waals surface area contributed by atoms with Gasteiger partial charge in [0.2, 0.25) is 0 Å². The Kier molecular flexibility index (Phi) is 18.0. The van der Waals surface area contributed by atoms with Crippen molar-refractivity contribution in [2.45, 2.75) is 72.0 Å². The van der Waals surface area contributed by atoms with E-state index in [1.165, 1.54) is 25.7 Å². The second kappa shape index (κ2) is 18.9. The fourth-order valence-electron chi connectivity index (χ4n) is 2.02. The molecule has 0 rings (SSSR count). The summed E-state index contributed by atoms with van der Waals surface area (Å²) in [5, 5.41) is 0. The third-order valence-corrected chi connectivity index (χ3v) is 3.25. The highest BCUT2D eigenvalue weighted by Gasteiger charge is 2.00. The van der Waals surface area contributed by atoms with Crippen LogP contribution in [0.4, 0.5) is 0 Å². The first kappa shape index (κ1) is 21.9. The van der Waals surface area contributed by atoms with E-state index in [9.17, 15) is 0 Å². The monoisotopic (exact) mass is 320 g/mol. The van der Waals surface area contributed by atoms with Crippen molar-refractivity contribution in [2.75, 3.05) is 13.2 Å². The molecule has 2 heteroatoms. The minimum atomic E-state index is -0.206. The van der Waals surface area contributed by atoms with Crippen LogP contribution in [0, 0.1) is 0 Å². The largest absolute Gasteiger partial charge is 0.349 e. The topological polar surface area (TPSA) is 18.5 Å². The summed E-state index contributed by atoms with van der Waals surface area (Å²) in [6.07, 6.45) is 25.4. The van der Waals surface area contributed by atoms with E-state index in [2.05, 4.69) is 49.5 Å². The number of allylic oxidation sites excluding steroid dienone is 7. The molecule has 0 atom stereocenters. The van der Waals surface area contributed by atoms with Crippen molar-refractivity contribution < 1.29 is 9.47 Å². The van der Waals surface area contributed by atoms with Gasteiger partial charge >= 0.3 is 0 Å². The first-order valence-corrected chi connectivity index (χ1v) is 9.19. The number of hydrogen-bond acceptors (Lipinski definition) is 2. The highest BCUT2D eigenvalue weighted by Crippen LogP contribution is 2.01. The average Bonchev–Trinajstić information content (AvgIpc) is 2.55. The van der Waals surface area contributed by atoms with Gasteiger partial charge < -0.3 is 9.47 Å². The molecule has 2 nitrogen and oxygen atoms in total. The van der Waals surface area contributed by atoms with Crippen molar-refractivity contribution in [1.29, 1.82) is 0 Å². The Morgan fingerprint density at radius 1 is 0.652 bits per heavy atom. The molecule has 0 spiro atoms. The van der Waals surface area contributed by atoms with Gasteiger partial charge in [0, 0.05) is 13.2 Å². The smallest absolute Gasteiger partial charge is 0.176 e. The molecular formula is C21H36O2. The minimum absolute atomic E-state index is 0.206. The fourth-order valence-corrected chi connectivity index (χ4v) is 2.02. The van der Waals surface area contributed by atoms with Crippen LogP contribution in [0.5, 0.6) is 0 Å². The minimum Gasteiger partial charge on any atom is -0.349 e. The predicted molar refractivity (Wildman–Crippen MR) is 102 cm³/mol. The molecule has 0 amide bonds. The summed E-state index contributed by atoms with van der Waals surface area (Å²) in [6, 6.07) is 0. The Balaban J connectivity index is 3.64. The molecule has 0 saturated carbocycles. The lowest BCUT2D eigenvalue weighted by atomic mass is 10.2. The van der Waals surface area contributed by atoms with Crippen LogP contribution in [0.25, 0.3) is 0 Å². The molecule has 0 heterocycles. The van der Waals surface area contributed by atoms with Gasteiger partial charge in [-0.05, 0) is 52.0 Å². The third kappa shape index (κ3) is 17.1. The first-order chi connectivity index (χ1) is 11.3. The van der Waals surface area contributed by atoms with Gasteiger partial charge in [-0.3, -0.25) is 0 Å². The molecule has 0 aliphatic heterocycles. The first-order valence-electron chi connectivity index (χ1n) is 9.19. The van der Waals surface area contributed by atoms with Gasteiger partial charge in [-0.15, -0.1) is 0 Å². The van der Waals surface area contributed by atoms with Crippen molar-refractivity contribution in [3.63, 3.8) is 0 Å². The maximum absolute atomic E-state index is 5.45. The van der Waals surface area contributed by atoms with Crippen LogP contribution >= 0.6 is 0 Å². The Bertz CT molecular complexity index is 334. The molecule has 0 saturated heterocycles. The summed E-state index contributed by atoms with van der Waals surface area (Å²) in [5.41, 5.74) is 0. The average molecular weight is 321 g/mol. The zero-order valence-electron chi connectivity index (χ0n) is 15.4. The van der Waals surface area contributed by atoms with Crippen molar-refractivity contribution >= 4 is 0 Å². The summed E-state index contributed by atoms with van der Waals surface area (Å²) >= 11 is 0. The Labute approximate surface area is 144 Å².